The van der Waals surface area contributed by atoms with Crippen molar-refractivity contribution < 1.29 is 18.0 Å². The summed E-state index contributed by atoms with van der Waals surface area (Å²) in [5.41, 5.74) is 5.30. The van der Waals surface area contributed by atoms with Gasteiger partial charge in [0.15, 0.2) is 0 Å². The smallest absolute Gasteiger partial charge is 0.393 e. The molecule has 0 aromatic heterocycles. The van der Waals surface area contributed by atoms with Gasteiger partial charge in [-0.1, -0.05) is 12.2 Å². The molecule has 1 fully saturated rings. The van der Waals surface area contributed by atoms with Crippen molar-refractivity contribution in [3.05, 3.63) is 0 Å². The number of nitrogens with zero attached hydrogens (tertiary/aromatic N) is 1. The van der Waals surface area contributed by atoms with Crippen LogP contribution >= 0.6 is 12.2 Å². The van der Waals surface area contributed by atoms with Crippen LogP contribution in [0.3, 0.4) is 0 Å². The van der Waals surface area contributed by atoms with Crippen LogP contribution in [-0.2, 0) is 0 Å². The molecule has 17 heavy (non-hydrogen) atoms. The zero-order chi connectivity index (χ0) is 13.1. The molecule has 0 aromatic rings. The summed E-state index contributed by atoms with van der Waals surface area (Å²) in [6.07, 6.45) is -2.44. The Balaban J connectivity index is 2.41. The van der Waals surface area contributed by atoms with Gasteiger partial charge in [0.05, 0.1) is 4.99 Å². The van der Waals surface area contributed by atoms with Gasteiger partial charge in [0.1, 0.15) is 6.54 Å². The highest BCUT2D eigenvalue weighted by molar-refractivity contribution is 7.80. The topological polar surface area (TPSA) is 58.4 Å². The predicted molar refractivity (Wildman–Crippen MR) is 60.6 cm³/mol. The number of thiocarbonyl (C=S) groups is 1. The molecule has 0 saturated heterocycles. The first-order valence-electron chi connectivity index (χ1n) is 5.19. The standard InChI is InChI=1S/C9H14F3N3OS/c10-9(11,12)5-14-8(16)15(6-1-2-6)4-3-7(13)17/h6H,1-5H2,(H2,13,17)(H,14,16). The van der Waals surface area contributed by atoms with Crippen molar-refractivity contribution in [1.82, 2.24) is 10.2 Å². The first-order chi connectivity index (χ1) is 7.79. The normalized spacial score (nSPS) is 15.5. The fourth-order valence-corrected chi connectivity index (χ4v) is 1.44. The lowest BCUT2D eigenvalue weighted by Crippen LogP contribution is -2.45. The van der Waals surface area contributed by atoms with Gasteiger partial charge < -0.3 is 16.0 Å². The van der Waals surface area contributed by atoms with Gasteiger partial charge in [-0.3, -0.25) is 0 Å². The molecular weight excluding hydrogens is 255 g/mol. The summed E-state index contributed by atoms with van der Waals surface area (Å²) in [7, 11) is 0. The molecule has 2 amide bonds. The van der Waals surface area contributed by atoms with E-state index in [-0.39, 0.29) is 17.6 Å². The molecule has 1 saturated carbocycles. The maximum absolute atomic E-state index is 11.9. The minimum absolute atomic E-state index is 0.0255. The fourth-order valence-electron chi connectivity index (χ4n) is 1.34. The molecule has 0 unspecified atom stereocenters. The summed E-state index contributed by atoms with van der Waals surface area (Å²) >= 11 is 4.67. The van der Waals surface area contributed by atoms with E-state index in [1.165, 1.54) is 4.90 Å². The van der Waals surface area contributed by atoms with E-state index < -0.39 is 18.8 Å². The highest BCUT2D eigenvalue weighted by atomic mass is 32.1. The molecule has 1 aliphatic rings. The Bertz CT molecular complexity index is 304. The number of urea groups is 1. The van der Waals surface area contributed by atoms with E-state index >= 15 is 0 Å². The van der Waals surface area contributed by atoms with Gasteiger partial charge in [-0.25, -0.2) is 4.79 Å². The highest BCUT2D eigenvalue weighted by Crippen LogP contribution is 2.27. The number of nitrogens with one attached hydrogen (secondary N) is 1. The summed E-state index contributed by atoms with van der Waals surface area (Å²) in [6.45, 7) is -1.05. The fraction of sp³-hybridized carbons (Fsp3) is 0.778. The van der Waals surface area contributed by atoms with Crippen molar-refractivity contribution in [2.75, 3.05) is 13.1 Å². The number of carbonyl (C=O) groups is 1. The van der Waals surface area contributed by atoms with Crippen molar-refractivity contribution in [2.24, 2.45) is 5.73 Å². The lowest BCUT2D eigenvalue weighted by Gasteiger charge is -2.23. The predicted octanol–water partition coefficient (Wildman–Crippen LogP) is 1.40. The van der Waals surface area contributed by atoms with Crippen LogP contribution in [0.25, 0.3) is 0 Å². The average Bonchev–Trinajstić information content (AvgIpc) is 2.97. The largest absolute Gasteiger partial charge is 0.405 e. The summed E-state index contributed by atoms with van der Waals surface area (Å²) in [5, 5.41) is 1.85. The first-order valence-corrected chi connectivity index (χ1v) is 5.60. The van der Waals surface area contributed by atoms with Crippen LogP contribution < -0.4 is 11.1 Å². The molecule has 0 bridgehead atoms. The first kappa shape index (κ1) is 14.0. The number of hydrogen-bond acceptors (Lipinski definition) is 2. The number of rotatable bonds is 5. The van der Waals surface area contributed by atoms with Gasteiger partial charge in [0.25, 0.3) is 0 Å². The molecule has 0 atom stereocenters. The van der Waals surface area contributed by atoms with Gasteiger partial charge >= 0.3 is 12.2 Å². The molecule has 0 aromatic carbocycles. The van der Waals surface area contributed by atoms with Crippen LogP contribution in [0.2, 0.25) is 0 Å². The average molecular weight is 269 g/mol. The van der Waals surface area contributed by atoms with Crippen molar-refractivity contribution >= 4 is 23.2 Å². The van der Waals surface area contributed by atoms with Crippen molar-refractivity contribution in [2.45, 2.75) is 31.5 Å². The van der Waals surface area contributed by atoms with Gasteiger partial charge in [0, 0.05) is 19.0 Å². The van der Waals surface area contributed by atoms with Crippen LogP contribution in [0.15, 0.2) is 0 Å². The van der Waals surface area contributed by atoms with Crippen LogP contribution in [0.4, 0.5) is 18.0 Å². The van der Waals surface area contributed by atoms with Gasteiger partial charge in [-0.15, -0.1) is 0 Å². The van der Waals surface area contributed by atoms with E-state index in [4.69, 9.17) is 5.73 Å². The van der Waals surface area contributed by atoms with Gasteiger partial charge in [-0.2, -0.15) is 13.2 Å². The number of alkyl halides is 3. The lowest BCUT2D eigenvalue weighted by molar-refractivity contribution is -0.123. The zero-order valence-electron chi connectivity index (χ0n) is 9.09. The molecule has 3 N–H and O–H groups in total. The van der Waals surface area contributed by atoms with Crippen LogP contribution in [0.5, 0.6) is 0 Å². The van der Waals surface area contributed by atoms with Crippen molar-refractivity contribution in [3.8, 4) is 0 Å². The van der Waals surface area contributed by atoms with Gasteiger partial charge in [0.2, 0.25) is 0 Å². The second-order valence-electron chi connectivity index (χ2n) is 3.91. The molecule has 0 spiro atoms. The number of nitrogens with two attached hydrogens (primary N) is 1. The Kier molecular flexibility index (Phi) is 4.55. The minimum Gasteiger partial charge on any atom is -0.393 e. The molecule has 4 nitrogen and oxygen atoms in total. The minimum atomic E-state index is -4.39. The Labute approximate surface area is 102 Å². The quantitative estimate of drug-likeness (QED) is 0.742. The molecule has 0 aliphatic heterocycles. The summed E-state index contributed by atoms with van der Waals surface area (Å²) in [5.74, 6) is 0. The molecule has 98 valence electrons. The highest BCUT2D eigenvalue weighted by Gasteiger charge is 2.34. The summed E-state index contributed by atoms with van der Waals surface area (Å²) in [4.78, 5) is 13.1. The van der Waals surface area contributed by atoms with E-state index in [1.807, 2.05) is 5.32 Å². The third kappa shape index (κ3) is 5.71. The number of halogens is 3. The second kappa shape index (κ2) is 5.52. The van der Waals surface area contributed by atoms with Crippen molar-refractivity contribution in [3.63, 3.8) is 0 Å². The molecule has 1 aliphatic carbocycles. The maximum Gasteiger partial charge on any atom is 0.405 e. The third-order valence-corrected chi connectivity index (χ3v) is 2.49. The molecule has 0 heterocycles. The van der Waals surface area contributed by atoms with E-state index in [9.17, 15) is 18.0 Å². The van der Waals surface area contributed by atoms with Crippen LogP contribution in [0, 0.1) is 0 Å². The van der Waals surface area contributed by atoms with Gasteiger partial charge in [-0.05, 0) is 12.8 Å². The third-order valence-electron chi connectivity index (χ3n) is 2.29. The van der Waals surface area contributed by atoms with E-state index in [2.05, 4.69) is 12.2 Å². The SMILES string of the molecule is NC(=S)CCN(C(=O)NCC(F)(F)F)C1CC1. The summed E-state index contributed by atoms with van der Waals surface area (Å²) < 4.78 is 35.8. The Morgan fingerprint density at radius 1 is 1.47 bits per heavy atom. The molecule has 1 rings (SSSR count). The lowest BCUT2D eigenvalue weighted by atomic mass is 10.4. The number of carbonyl (C=O) groups excluding carboxylic acids is 1. The molecule has 8 heteroatoms. The zero-order valence-corrected chi connectivity index (χ0v) is 9.90. The molecular formula is C9H14F3N3OS. The van der Waals surface area contributed by atoms with E-state index in [1.54, 1.807) is 0 Å². The summed E-state index contributed by atoms with van der Waals surface area (Å²) in [6, 6.07) is -0.682. The van der Waals surface area contributed by atoms with E-state index in [0.717, 1.165) is 12.8 Å². The Morgan fingerprint density at radius 2 is 2.06 bits per heavy atom. The van der Waals surface area contributed by atoms with Crippen LogP contribution in [0.1, 0.15) is 19.3 Å². The monoisotopic (exact) mass is 269 g/mol. The second-order valence-corrected chi connectivity index (χ2v) is 4.44. The maximum atomic E-state index is 11.9. The van der Waals surface area contributed by atoms with Crippen LogP contribution in [-0.4, -0.2) is 41.2 Å². The number of amides is 2. The van der Waals surface area contributed by atoms with Crippen molar-refractivity contribution in [1.29, 1.82) is 0 Å². The Hall–Kier alpha value is -1.05. The van der Waals surface area contributed by atoms with E-state index in [0.29, 0.717) is 6.42 Å². The number of hydrogen-bond donors (Lipinski definition) is 2. The molecule has 0 radical (unpaired) electrons. The Morgan fingerprint density at radius 3 is 2.47 bits per heavy atom.